The van der Waals surface area contributed by atoms with Crippen molar-refractivity contribution in [3.63, 3.8) is 0 Å². The SMILES string of the molecule is CN[C@@H](C)Cc1ccccc1.Nc1ccc(C(=O)C2=C(C(=O)O)CCCC2)cc1. The molecule has 5 nitrogen and oxygen atoms in total. The number of carboxylic acid groups (broad SMARTS) is 1. The zero-order chi connectivity index (χ0) is 21.2. The van der Waals surface area contributed by atoms with Crippen LogP contribution in [0.1, 0.15) is 48.5 Å². The molecule has 1 aliphatic rings. The van der Waals surface area contributed by atoms with Gasteiger partial charge in [-0.15, -0.1) is 0 Å². The largest absolute Gasteiger partial charge is 0.478 e. The van der Waals surface area contributed by atoms with E-state index in [0.717, 1.165) is 19.3 Å². The highest BCUT2D eigenvalue weighted by Gasteiger charge is 2.24. The summed E-state index contributed by atoms with van der Waals surface area (Å²) in [6.07, 6.45) is 3.83. The Balaban J connectivity index is 0.000000234. The Morgan fingerprint density at radius 2 is 1.59 bits per heavy atom. The normalized spacial score (nSPS) is 14.6. The van der Waals surface area contributed by atoms with Gasteiger partial charge in [0.1, 0.15) is 0 Å². The van der Waals surface area contributed by atoms with Gasteiger partial charge in [0, 0.05) is 28.4 Å². The molecule has 0 saturated heterocycles. The summed E-state index contributed by atoms with van der Waals surface area (Å²) in [6.45, 7) is 2.19. The maximum Gasteiger partial charge on any atom is 0.331 e. The van der Waals surface area contributed by atoms with E-state index < -0.39 is 5.97 Å². The first-order chi connectivity index (χ1) is 13.9. The number of likely N-dealkylation sites (N-methyl/N-ethyl adjacent to an activating group) is 1. The van der Waals surface area contributed by atoms with Crippen molar-refractivity contribution in [2.75, 3.05) is 12.8 Å². The Hall–Kier alpha value is -2.92. The molecule has 0 heterocycles. The summed E-state index contributed by atoms with van der Waals surface area (Å²) in [5, 5.41) is 12.3. The summed E-state index contributed by atoms with van der Waals surface area (Å²) >= 11 is 0. The van der Waals surface area contributed by atoms with Crippen molar-refractivity contribution in [1.82, 2.24) is 5.32 Å². The van der Waals surface area contributed by atoms with Gasteiger partial charge in [-0.05, 0) is 75.9 Å². The molecule has 5 heteroatoms. The molecule has 2 aromatic rings. The molecule has 0 radical (unpaired) electrons. The van der Waals surface area contributed by atoms with Crippen LogP contribution in [-0.2, 0) is 11.2 Å². The number of anilines is 1. The molecule has 154 valence electrons. The summed E-state index contributed by atoms with van der Waals surface area (Å²) in [5.41, 5.74) is 8.76. The number of ketones is 1. The topological polar surface area (TPSA) is 92.4 Å². The number of benzene rings is 2. The lowest BCUT2D eigenvalue weighted by Crippen LogP contribution is -2.23. The number of nitrogens with one attached hydrogen (secondary N) is 1. The second kappa shape index (κ2) is 11.2. The minimum atomic E-state index is -0.978. The predicted octanol–water partition coefficient (Wildman–Crippen LogP) is 4.24. The third-order valence-electron chi connectivity index (χ3n) is 5.05. The lowest BCUT2D eigenvalue weighted by atomic mass is 9.87. The summed E-state index contributed by atoms with van der Waals surface area (Å²) < 4.78 is 0. The van der Waals surface area contributed by atoms with Crippen LogP contribution in [0.3, 0.4) is 0 Å². The van der Waals surface area contributed by atoms with Gasteiger partial charge in [0.05, 0.1) is 0 Å². The van der Waals surface area contributed by atoms with Crippen LogP contribution in [0, 0.1) is 0 Å². The maximum absolute atomic E-state index is 12.3. The quantitative estimate of drug-likeness (QED) is 0.503. The minimum Gasteiger partial charge on any atom is -0.478 e. The molecule has 4 N–H and O–H groups in total. The summed E-state index contributed by atoms with van der Waals surface area (Å²) in [5.74, 6) is -1.17. The fourth-order valence-electron chi connectivity index (χ4n) is 3.27. The molecule has 0 unspecified atom stereocenters. The van der Waals surface area contributed by atoms with E-state index in [1.165, 1.54) is 5.56 Å². The van der Waals surface area contributed by atoms with Gasteiger partial charge in [-0.2, -0.15) is 0 Å². The Morgan fingerprint density at radius 1 is 1.00 bits per heavy atom. The number of hydrogen-bond donors (Lipinski definition) is 3. The molecule has 29 heavy (non-hydrogen) atoms. The van der Waals surface area contributed by atoms with E-state index >= 15 is 0 Å². The highest BCUT2D eigenvalue weighted by Crippen LogP contribution is 2.27. The first kappa shape index (κ1) is 22.4. The third-order valence-corrected chi connectivity index (χ3v) is 5.05. The van der Waals surface area contributed by atoms with Crippen molar-refractivity contribution < 1.29 is 14.7 Å². The van der Waals surface area contributed by atoms with E-state index in [0.29, 0.717) is 35.7 Å². The number of hydrogen-bond acceptors (Lipinski definition) is 4. The monoisotopic (exact) mass is 394 g/mol. The molecular formula is C24H30N2O3. The fraction of sp³-hybridized carbons (Fsp3) is 0.333. The van der Waals surface area contributed by atoms with Crippen LogP contribution in [0.2, 0.25) is 0 Å². The van der Waals surface area contributed by atoms with Crippen molar-refractivity contribution in [1.29, 1.82) is 0 Å². The number of aliphatic carboxylic acids is 1. The number of nitrogens with two attached hydrogens (primary N) is 1. The van der Waals surface area contributed by atoms with Gasteiger partial charge < -0.3 is 16.2 Å². The summed E-state index contributed by atoms with van der Waals surface area (Å²) in [4.78, 5) is 23.4. The molecular weight excluding hydrogens is 364 g/mol. The Morgan fingerprint density at radius 3 is 2.14 bits per heavy atom. The fourth-order valence-corrected chi connectivity index (χ4v) is 3.27. The van der Waals surface area contributed by atoms with Crippen LogP contribution in [-0.4, -0.2) is 29.9 Å². The van der Waals surface area contributed by atoms with Gasteiger partial charge in [0.25, 0.3) is 0 Å². The molecule has 0 aliphatic heterocycles. The van der Waals surface area contributed by atoms with Crippen molar-refractivity contribution in [2.24, 2.45) is 0 Å². The Labute approximate surface area is 172 Å². The molecule has 1 aliphatic carbocycles. The van der Waals surface area contributed by atoms with Gasteiger partial charge in [-0.3, -0.25) is 4.79 Å². The number of carbonyl (C=O) groups excluding carboxylic acids is 1. The lowest BCUT2D eigenvalue weighted by molar-refractivity contribution is -0.133. The van der Waals surface area contributed by atoms with Crippen LogP contribution >= 0.6 is 0 Å². The van der Waals surface area contributed by atoms with Crippen molar-refractivity contribution in [3.8, 4) is 0 Å². The van der Waals surface area contributed by atoms with Crippen LogP contribution in [0.4, 0.5) is 5.69 Å². The first-order valence-electron chi connectivity index (χ1n) is 9.99. The zero-order valence-corrected chi connectivity index (χ0v) is 17.2. The molecule has 2 aromatic carbocycles. The van der Waals surface area contributed by atoms with E-state index in [2.05, 4.69) is 36.5 Å². The van der Waals surface area contributed by atoms with Crippen LogP contribution in [0.15, 0.2) is 65.7 Å². The lowest BCUT2D eigenvalue weighted by Gasteiger charge is -2.16. The average Bonchev–Trinajstić information content (AvgIpc) is 2.75. The van der Waals surface area contributed by atoms with E-state index in [1.807, 2.05) is 13.1 Å². The number of Topliss-reactive ketones (excluding diaryl/α,β-unsaturated/α-hetero) is 1. The first-order valence-corrected chi connectivity index (χ1v) is 9.99. The van der Waals surface area contributed by atoms with E-state index in [4.69, 9.17) is 10.8 Å². The van der Waals surface area contributed by atoms with E-state index in [1.54, 1.807) is 24.3 Å². The van der Waals surface area contributed by atoms with Gasteiger partial charge in [0.15, 0.2) is 5.78 Å². The smallest absolute Gasteiger partial charge is 0.331 e. The van der Waals surface area contributed by atoms with Gasteiger partial charge in [-0.1, -0.05) is 30.3 Å². The highest BCUT2D eigenvalue weighted by atomic mass is 16.4. The van der Waals surface area contributed by atoms with Crippen molar-refractivity contribution in [3.05, 3.63) is 76.9 Å². The summed E-state index contributed by atoms with van der Waals surface area (Å²) in [7, 11) is 1.99. The second-order valence-corrected chi connectivity index (χ2v) is 7.30. The van der Waals surface area contributed by atoms with Gasteiger partial charge in [-0.25, -0.2) is 4.79 Å². The number of rotatable bonds is 6. The predicted molar refractivity (Wildman–Crippen MR) is 117 cm³/mol. The van der Waals surface area contributed by atoms with Crippen LogP contribution < -0.4 is 11.1 Å². The molecule has 0 fully saturated rings. The average molecular weight is 395 g/mol. The molecule has 0 bridgehead atoms. The number of allylic oxidation sites excluding steroid dienone is 1. The molecule has 0 aromatic heterocycles. The van der Waals surface area contributed by atoms with Crippen LogP contribution in [0.25, 0.3) is 0 Å². The molecule has 0 saturated carbocycles. The van der Waals surface area contributed by atoms with E-state index in [-0.39, 0.29) is 11.4 Å². The van der Waals surface area contributed by atoms with Crippen molar-refractivity contribution in [2.45, 2.75) is 45.1 Å². The Bertz CT molecular complexity index is 842. The molecule has 1 atom stereocenters. The minimum absolute atomic E-state index is 0.188. The standard InChI is InChI=1S/C14H15NO3.C10H15N/c15-10-7-5-9(6-8-10)13(16)11-3-1-2-4-12(11)14(17)18;1-9(11-2)8-10-6-4-3-5-7-10/h5-8H,1-4,15H2,(H,17,18);3-7,9,11H,8H2,1-2H3/t;9-/m.0/s1. The number of nitrogen functional groups attached to an aromatic ring is 1. The van der Waals surface area contributed by atoms with Crippen LogP contribution in [0.5, 0.6) is 0 Å². The maximum atomic E-state index is 12.3. The molecule has 0 amide bonds. The van der Waals surface area contributed by atoms with Crippen molar-refractivity contribution >= 4 is 17.4 Å². The third kappa shape index (κ3) is 6.88. The molecule has 3 rings (SSSR count). The highest BCUT2D eigenvalue weighted by molar-refractivity contribution is 6.12. The van der Waals surface area contributed by atoms with E-state index in [9.17, 15) is 9.59 Å². The number of carboxylic acids is 1. The summed E-state index contributed by atoms with van der Waals surface area (Å²) in [6, 6.07) is 17.7. The number of carbonyl (C=O) groups is 2. The van der Waals surface area contributed by atoms with Gasteiger partial charge >= 0.3 is 5.97 Å². The second-order valence-electron chi connectivity index (χ2n) is 7.30. The molecule has 0 spiro atoms. The van der Waals surface area contributed by atoms with Gasteiger partial charge in [0.2, 0.25) is 0 Å². The Kier molecular flexibility index (Phi) is 8.62. The zero-order valence-electron chi connectivity index (χ0n) is 17.2.